The summed E-state index contributed by atoms with van der Waals surface area (Å²) in [6, 6.07) is 26.2. The Morgan fingerprint density at radius 2 is 1.51 bits per heavy atom. The van der Waals surface area contributed by atoms with E-state index >= 15 is 0 Å². The van der Waals surface area contributed by atoms with Crippen LogP contribution in [0.1, 0.15) is 17.2 Å². The zero-order valence-electron chi connectivity index (χ0n) is 20.9. The van der Waals surface area contributed by atoms with E-state index < -0.39 is 0 Å². The summed E-state index contributed by atoms with van der Waals surface area (Å²) in [6.07, 6.45) is 1.40. The van der Waals surface area contributed by atoms with Gasteiger partial charge in [0, 0.05) is 44.5 Å². The van der Waals surface area contributed by atoms with Crippen molar-refractivity contribution in [1.29, 1.82) is 5.26 Å². The van der Waals surface area contributed by atoms with Crippen LogP contribution in [0.2, 0.25) is 5.02 Å². The number of nitrogens with zero attached hydrogens (tertiary/aromatic N) is 3. The molecule has 0 aliphatic carbocycles. The van der Waals surface area contributed by atoms with Gasteiger partial charge >= 0.3 is 0 Å². The molecule has 1 amide bonds. The van der Waals surface area contributed by atoms with Gasteiger partial charge < -0.3 is 19.7 Å². The van der Waals surface area contributed by atoms with Crippen LogP contribution in [0.3, 0.4) is 0 Å². The molecule has 1 aliphatic heterocycles. The molecule has 3 aromatic carbocycles. The molecule has 0 bridgehead atoms. The molecule has 3 aromatic rings. The van der Waals surface area contributed by atoms with E-state index in [2.05, 4.69) is 34.5 Å². The number of piperazine rings is 1. The highest BCUT2D eigenvalue weighted by Crippen LogP contribution is 2.36. The standard InChI is InChI=1S/C29H29ClN4O3/c1-36-26-18-25(27(37-2)17-24(26)30)32-20-23(19-31)29(35)34-15-13-33(14-16-34)28(21-9-5-3-6-10-21)22-11-7-4-8-12-22/h3-12,17-18,20,28,32H,13-16H2,1-2H3/b23-20-. The molecule has 8 heteroatoms. The molecule has 1 heterocycles. The van der Waals surface area contributed by atoms with Crippen molar-refractivity contribution in [2.24, 2.45) is 0 Å². The zero-order valence-corrected chi connectivity index (χ0v) is 21.6. The summed E-state index contributed by atoms with van der Waals surface area (Å²) in [5, 5.41) is 13.1. The van der Waals surface area contributed by atoms with Gasteiger partial charge in [0.25, 0.3) is 5.91 Å². The SMILES string of the molecule is COc1cc(N/C=C(/C#N)C(=O)N2CCN(C(c3ccccc3)c3ccccc3)CC2)c(OC)cc1Cl. The fraction of sp³-hybridized carbons (Fsp3) is 0.241. The van der Waals surface area contributed by atoms with Crippen LogP contribution in [-0.2, 0) is 4.79 Å². The predicted octanol–water partition coefficient (Wildman–Crippen LogP) is 5.11. The summed E-state index contributed by atoms with van der Waals surface area (Å²) < 4.78 is 10.6. The van der Waals surface area contributed by atoms with Crippen molar-refractivity contribution in [1.82, 2.24) is 9.80 Å². The quantitative estimate of drug-likeness (QED) is 0.331. The number of nitriles is 1. The number of rotatable bonds is 8. The van der Waals surface area contributed by atoms with Gasteiger partial charge in [0.1, 0.15) is 23.1 Å². The summed E-state index contributed by atoms with van der Waals surface area (Å²) in [6.45, 7) is 2.42. The number of methoxy groups -OCH3 is 2. The molecule has 4 rings (SSSR count). The Balaban J connectivity index is 1.47. The fourth-order valence-corrected chi connectivity index (χ4v) is 4.73. The maximum atomic E-state index is 13.2. The zero-order chi connectivity index (χ0) is 26.2. The van der Waals surface area contributed by atoms with E-state index in [9.17, 15) is 10.1 Å². The Labute approximate surface area is 222 Å². The number of anilines is 1. The number of benzene rings is 3. The van der Waals surface area contributed by atoms with Gasteiger partial charge in [-0.1, -0.05) is 72.3 Å². The third kappa shape index (κ3) is 6.05. The van der Waals surface area contributed by atoms with Gasteiger partial charge in [0.05, 0.1) is 31.0 Å². The van der Waals surface area contributed by atoms with Crippen LogP contribution in [0, 0.1) is 11.3 Å². The molecule has 0 atom stereocenters. The second-order valence-electron chi connectivity index (χ2n) is 8.55. The largest absolute Gasteiger partial charge is 0.495 e. The van der Waals surface area contributed by atoms with Crippen molar-refractivity contribution >= 4 is 23.2 Å². The summed E-state index contributed by atoms with van der Waals surface area (Å²) in [4.78, 5) is 17.3. The highest BCUT2D eigenvalue weighted by atomic mass is 35.5. The smallest absolute Gasteiger partial charge is 0.266 e. The second-order valence-corrected chi connectivity index (χ2v) is 8.96. The minimum absolute atomic E-state index is 0.00656. The average molecular weight is 517 g/mol. The molecule has 0 unspecified atom stereocenters. The predicted molar refractivity (Wildman–Crippen MR) is 145 cm³/mol. The molecule has 0 spiro atoms. The van der Waals surface area contributed by atoms with Gasteiger partial charge in [-0.05, 0) is 11.1 Å². The third-order valence-electron chi connectivity index (χ3n) is 6.39. The van der Waals surface area contributed by atoms with Gasteiger partial charge in [-0.3, -0.25) is 9.69 Å². The van der Waals surface area contributed by atoms with E-state index in [1.807, 2.05) is 42.5 Å². The number of carbonyl (C=O) groups is 1. The van der Waals surface area contributed by atoms with Crippen LogP contribution in [0.5, 0.6) is 11.5 Å². The Morgan fingerprint density at radius 3 is 2.03 bits per heavy atom. The monoisotopic (exact) mass is 516 g/mol. The van der Waals surface area contributed by atoms with Crippen LogP contribution >= 0.6 is 11.6 Å². The molecule has 1 N–H and O–H groups in total. The first kappa shape index (κ1) is 26.1. The topological polar surface area (TPSA) is 77.8 Å². The lowest BCUT2D eigenvalue weighted by molar-refractivity contribution is -0.128. The summed E-state index contributed by atoms with van der Waals surface area (Å²) in [5.74, 6) is 0.601. The van der Waals surface area contributed by atoms with Gasteiger partial charge in [-0.15, -0.1) is 0 Å². The summed E-state index contributed by atoms with van der Waals surface area (Å²) in [7, 11) is 3.03. The Morgan fingerprint density at radius 1 is 0.946 bits per heavy atom. The molecule has 1 saturated heterocycles. The van der Waals surface area contributed by atoms with E-state index in [4.69, 9.17) is 21.1 Å². The van der Waals surface area contributed by atoms with Crippen LogP contribution in [0.4, 0.5) is 5.69 Å². The molecule has 1 fully saturated rings. The first-order valence-corrected chi connectivity index (χ1v) is 12.3. The molecule has 1 aliphatic rings. The van der Waals surface area contributed by atoms with E-state index in [1.165, 1.54) is 31.5 Å². The fourth-order valence-electron chi connectivity index (χ4n) is 4.50. The summed E-state index contributed by atoms with van der Waals surface area (Å²) in [5.41, 5.74) is 2.96. The normalized spacial score (nSPS) is 14.2. The number of hydrogen-bond acceptors (Lipinski definition) is 6. The van der Waals surface area contributed by atoms with Gasteiger partial charge in [0.15, 0.2) is 0 Å². The van der Waals surface area contributed by atoms with E-state index in [0.29, 0.717) is 48.4 Å². The molecular formula is C29H29ClN4O3. The first-order chi connectivity index (χ1) is 18.0. The van der Waals surface area contributed by atoms with Crippen molar-refractivity contribution < 1.29 is 14.3 Å². The van der Waals surface area contributed by atoms with Crippen molar-refractivity contribution in [3.63, 3.8) is 0 Å². The molecule has 0 saturated carbocycles. The molecule has 37 heavy (non-hydrogen) atoms. The molecule has 190 valence electrons. The Kier molecular flexibility index (Phi) is 8.68. The van der Waals surface area contributed by atoms with Crippen molar-refractivity contribution in [3.8, 4) is 17.6 Å². The Bertz CT molecular complexity index is 1240. The average Bonchev–Trinajstić information content (AvgIpc) is 2.95. The van der Waals surface area contributed by atoms with Gasteiger partial charge in [0.2, 0.25) is 0 Å². The third-order valence-corrected chi connectivity index (χ3v) is 6.69. The summed E-state index contributed by atoms with van der Waals surface area (Å²) >= 11 is 6.17. The van der Waals surface area contributed by atoms with Crippen molar-refractivity contribution in [2.75, 3.05) is 45.7 Å². The van der Waals surface area contributed by atoms with E-state index in [0.717, 1.165) is 0 Å². The van der Waals surface area contributed by atoms with Crippen LogP contribution in [0.15, 0.2) is 84.6 Å². The first-order valence-electron chi connectivity index (χ1n) is 12.0. The lowest BCUT2D eigenvalue weighted by atomic mass is 9.96. The molecule has 7 nitrogen and oxygen atoms in total. The number of nitrogens with one attached hydrogen (secondary N) is 1. The van der Waals surface area contributed by atoms with Crippen LogP contribution < -0.4 is 14.8 Å². The van der Waals surface area contributed by atoms with E-state index in [-0.39, 0.29) is 17.5 Å². The number of amides is 1. The Hall–Kier alpha value is -3.99. The van der Waals surface area contributed by atoms with E-state index in [1.54, 1.807) is 17.0 Å². The second kappa shape index (κ2) is 12.3. The lowest BCUT2D eigenvalue weighted by Crippen LogP contribution is -2.50. The number of hydrogen-bond donors (Lipinski definition) is 1. The molecule has 0 radical (unpaired) electrons. The van der Waals surface area contributed by atoms with Crippen LogP contribution in [0.25, 0.3) is 0 Å². The highest BCUT2D eigenvalue weighted by Gasteiger charge is 2.29. The lowest BCUT2D eigenvalue weighted by Gasteiger charge is -2.39. The maximum Gasteiger partial charge on any atom is 0.266 e. The molecular weight excluding hydrogens is 488 g/mol. The van der Waals surface area contributed by atoms with Crippen molar-refractivity contribution in [2.45, 2.75) is 6.04 Å². The minimum Gasteiger partial charge on any atom is -0.495 e. The van der Waals surface area contributed by atoms with Gasteiger partial charge in [-0.25, -0.2) is 0 Å². The number of halogens is 1. The molecule has 0 aromatic heterocycles. The van der Waals surface area contributed by atoms with Crippen LogP contribution in [-0.4, -0.2) is 56.1 Å². The number of ether oxygens (including phenoxy) is 2. The highest BCUT2D eigenvalue weighted by molar-refractivity contribution is 6.32. The number of carbonyl (C=O) groups excluding carboxylic acids is 1. The maximum absolute atomic E-state index is 13.2. The van der Waals surface area contributed by atoms with Gasteiger partial charge in [-0.2, -0.15) is 5.26 Å². The van der Waals surface area contributed by atoms with Crippen molar-refractivity contribution in [3.05, 3.63) is 101 Å². The minimum atomic E-state index is -0.314.